The fourth-order valence-electron chi connectivity index (χ4n) is 1.91. The van der Waals surface area contributed by atoms with Crippen LogP contribution in [0.4, 0.5) is 0 Å². The van der Waals surface area contributed by atoms with Gasteiger partial charge in [-0.05, 0) is 19.4 Å². The van der Waals surface area contributed by atoms with Crippen LogP contribution in [-0.2, 0) is 14.3 Å². The number of methoxy groups -OCH3 is 1. The van der Waals surface area contributed by atoms with Gasteiger partial charge in [-0.1, -0.05) is 32.4 Å². The average Bonchev–Trinajstić information content (AvgIpc) is 2.41. The molecule has 0 rings (SSSR count). The molecule has 0 aliphatic heterocycles. The van der Waals surface area contributed by atoms with Gasteiger partial charge in [0.25, 0.3) is 0 Å². The fourth-order valence-corrected chi connectivity index (χ4v) is 1.91. The molecule has 0 aromatic heterocycles. The summed E-state index contributed by atoms with van der Waals surface area (Å²) >= 11 is 0. The van der Waals surface area contributed by atoms with Crippen molar-refractivity contribution < 1.29 is 14.3 Å². The van der Waals surface area contributed by atoms with E-state index in [9.17, 15) is 9.59 Å². The standard InChI is InChI=1S/C16H31N3O3/c1-12(11-22-7)8-9-19(6)15(21)14(16(2,3)4)18-13(20)10-17-5/h8,14,17H,9-11H2,1-7H3,(H,18,20)/b12-8+. The van der Waals surface area contributed by atoms with E-state index < -0.39 is 6.04 Å². The van der Waals surface area contributed by atoms with Gasteiger partial charge in [-0.3, -0.25) is 9.59 Å². The molecule has 2 N–H and O–H groups in total. The molecule has 22 heavy (non-hydrogen) atoms. The van der Waals surface area contributed by atoms with Crippen LogP contribution in [0.2, 0.25) is 0 Å². The Morgan fingerprint density at radius 2 is 1.91 bits per heavy atom. The normalized spacial score (nSPS) is 13.7. The molecule has 1 unspecified atom stereocenters. The van der Waals surface area contributed by atoms with Crippen LogP contribution in [0.3, 0.4) is 0 Å². The largest absolute Gasteiger partial charge is 0.380 e. The highest BCUT2D eigenvalue weighted by Crippen LogP contribution is 2.21. The van der Waals surface area contributed by atoms with Crippen LogP contribution in [0.5, 0.6) is 0 Å². The molecule has 0 heterocycles. The van der Waals surface area contributed by atoms with Crippen LogP contribution in [0.15, 0.2) is 11.6 Å². The van der Waals surface area contributed by atoms with Gasteiger partial charge in [0.15, 0.2) is 0 Å². The first-order valence-electron chi connectivity index (χ1n) is 7.47. The lowest BCUT2D eigenvalue weighted by Crippen LogP contribution is -2.55. The highest BCUT2D eigenvalue weighted by molar-refractivity contribution is 5.88. The SMILES string of the molecule is CNCC(=O)NC(C(=O)N(C)C/C=C(\C)COC)C(C)(C)C. The molecule has 0 fully saturated rings. The predicted molar refractivity (Wildman–Crippen MR) is 88.6 cm³/mol. The number of carbonyl (C=O) groups excluding carboxylic acids is 2. The van der Waals surface area contributed by atoms with Gasteiger partial charge < -0.3 is 20.3 Å². The van der Waals surface area contributed by atoms with Crippen molar-refractivity contribution in [3.63, 3.8) is 0 Å². The molecule has 128 valence electrons. The molecule has 0 radical (unpaired) electrons. The van der Waals surface area contributed by atoms with Crippen molar-refractivity contribution in [2.45, 2.75) is 33.7 Å². The second-order valence-corrected chi connectivity index (χ2v) is 6.60. The number of carbonyl (C=O) groups is 2. The van der Waals surface area contributed by atoms with Crippen LogP contribution < -0.4 is 10.6 Å². The molecular formula is C16H31N3O3. The number of rotatable bonds is 8. The van der Waals surface area contributed by atoms with Gasteiger partial charge in [0.1, 0.15) is 6.04 Å². The second kappa shape index (κ2) is 9.58. The quantitative estimate of drug-likeness (QED) is 0.650. The Labute approximate surface area is 134 Å². The van der Waals surface area contributed by atoms with E-state index in [4.69, 9.17) is 4.74 Å². The molecule has 0 aliphatic rings. The van der Waals surface area contributed by atoms with E-state index >= 15 is 0 Å². The summed E-state index contributed by atoms with van der Waals surface area (Å²) in [5, 5.41) is 5.60. The second-order valence-electron chi connectivity index (χ2n) is 6.60. The molecular weight excluding hydrogens is 282 g/mol. The summed E-state index contributed by atoms with van der Waals surface area (Å²) in [5.74, 6) is -0.284. The third kappa shape index (κ3) is 7.56. The van der Waals surface area contributed by atoms with Gasteiger partial charge in [0.2, 0.25) is 11.8 Å². The lowest BCUT2D eigenvalue weighted by molar-refractivity contribution is -0.137. The van der Waals surface area contributed by atoms with Crippen molar-refractivity contribution >= 4 is 11.8 Å². The zero-order valence-corrected chi connectivity index (χ0v) is 14.9. The first-order chi connectivity index (χ1) is 10.1. The zero-order chi connectivity index (χ0) is 17.3. The maximum atomic E-state index is 12.6. The van der Waals surface area contributed by atoms with Crippen LogP contribution in [0, 0.1) is 5.41 Å². The fraction of sp³-hybridized carbons (Fsp3) is 0.750. The Morgan fingerprint density at radius 3 is 2.36 bits per heavy atom. The minimum atomic E-state index is -0.561. The predicted octanol–water partition coefficient (Wildman–Crippen LogP) is 0.788. The van der Waals surface area contributed by atoms with Crippen molar-refractivity contribution in [3.05, 3.63) is 11.6 Å². The van der Waals surface area contributed by atoms with Crippen LogP contribution in [-0.4, -0.2) is 63.7 Å². The Balaban J connectivity index is 4.89. The molecule has 0 saturated carbocycles. The molecule has 2 amide bonds. The van der Waals surface area contributed by atoms with Gasteiger partial charge in [-0.25, -0.2) is 0 Å². The monoisotopic (exact) mass is 313 g/mol. The number of hydrogen-bond donors (Lipinski definition) is 2. The number of likely N-dealkylation sites (N-methyl/N-ethyl adjacent to an activating group) is 2. The van der Waals surface area contributed by atoms with E-state index in [0.717, 1.165) is 5.57 Å². The van der Waals surface area contributed by atoms with E-state index in [2.05, 4.69) is 10.6 Å². The number of amides is 2. The molecule has 0 aliphatic carbocycles. The Kier molecular flexibility index (Phi) is 8.97. The molecule has 0 aromatic rings. The van der Waals surface area contributed by atoms with E-state index in [0.29, 0.717) is 13.2 Å². The number of nitrogens with zero attached hydrogens (tertiary/aromatic N) is 1. The molecule has 6 heteroatoms. The van der Waals surface area contributed by atoms with Crippen molar-refractivity contribution in [2.24, 2.45) is 5.41 Å². The maximum Gasteiger partial charge on any atom is 0.245 e. The molecule has 0 bridgehead atoms. The minimum absolute atomic E-state index is 0.0987. The summed E-state index contributed by atoms with van der Waals surface area (Å²) in [7, 11) is 5.07. The van der Waals surface area contributed by atoms with Crippen LogP contribution in [0.25, 0.3) is 0 Å². The summed E-state index contributed by atoms with van der Waals surface area (Å²) in [6.07, 6.45) is 1.95. The highest BCUT2D eigenvalue weighted by atomic mass is 16.5. The van der Waals surface area contributed by atoms with E-state index in [1.165, 1.54) is 0 Å². The Bertz CT molecular complexity index is 400. The highest BCUT2D eigenvalue weighted by Gasteiger charge is 2.34. The third-order valence-corrected chi connectivity index (χ3v) is 3.22. The van der Waals surface area contributed by atoms with E-state index in [-0.39, 0.29) is 23.8 Å². The first-order valence-corrected chi connectivity index (χ1v) is 7.47. The summed E-state index contributed by atoms with van der Waals surface area (Å²) in [5.41, 5.74) is 0.703. The van der Waals surface area contributed by atoms with Crippen molar-refractivity contribution in [1.29, 1.82) is 0 Å². The smallest absolute Gasteiger partial charge is 0.245 e. The van der Waals surface area contributed by atoms with Gasteiger partial charge in [-0.2, -0.15) is 0 Å². The van der Waals surface area contributed by atoms with E-state index in [1.54, 1.807) is 26.1 Å². The molecule has 0 saturated heterocycles. The average molecular weight is 313 g/mol. The van der Waals surface area contributed by atoms with Gasteiger partial charge in [0.05, 0.1) is 13.2 Å². The van der Waals surface area contributed by atoms with Gasteiger partial charge in [0, 0.05) is 20.7 Å². The third-order valence-electron chi connectivity index (χ3n) is 3.22. The minimum Gasteiger partial charge on any atom is -0.380 e. The summed E-state index contributed by atoms with van der Waals surface area (Å²) in [4.78, 5) is 26.1. The van der Waals surface area contributed by atoms with Gasteiger partial charge in [-0.15, -0.1) is 0 Å². The Morgan fingerprint density at radius 1 is 1.32 bits per heavy atom. The van der Waals surface area contributed by atoms with E-state index in [1.807, 2.05) is 33.8 Å². The van der Waals surface area contributed by atoms with Crippen molar-refractivity contribution in [2.75, 3.05) is 40.9 Å². The number of ether oxygens (including phenoxy) is 1. The van der Waals surface area contributed by atoms with Crippen molar-refractivity contribution in [3.8, 4) is 0 Å². The molecule has 0 spiro atoms. The summed E-state index contributed by atoms with van der Waals surface area (Å²) in [6.45, 7) is 9.00. The maximum absolute atomic E-state index is 12.6. The first kappa shape index (κ1) is 20.6. The molecule has 0 aromatic carbocycles. The summed E-state index contributed by atoms with van der Waals surface area (Å²) < 4.78 is 5.04. The Hall–Kier alpha value is -1.40. The number of nitrogens with one attached hydrogen (secondary N) is 2. The lowest BCUT2D eigenvalue weighted by Gasteiger charge is -2.33. The van der Waals surface area contributed by atoms with Crippen molar-refractivity contribution in [1.82, 2.24) is 15.5 Å². The zero-order valence-electron chi connectivity index (χ0n) is 14.9. The lowest BCUT2D eigenvalue weighted by atomic mass is 9.85. The van der Waals surface area contributed by atoms with Crippen LogP contribution in [0.1, 0.15) is 27.7 Å². The van der Waals surface area contributed by atoms with Crippen LogP contribution >= 0.6 is 0 Å². The van der Waals surface area contributed by atoms with Gasteiger partial charge >= 0.3 is 0 Å². The molecule has 1 atom stereocenters. The summed E-state index contributed by atoms with van der Waals surface area (Å²) in [6, 6.07) is -0.561. The molecule has 6 nitrogen and oxygen atoms in total. The number of hydrogen-bond acceptors (Lipinski definition) is 4. The topological polar surface area (TPSA) is 70.7 Å².